The van der Waals surface area contributed by atoms with Gasteiger partial charge in [-0.05, 0) is 11.8 Å². The Morgan fingerprint density at radius 3 is 1.38 bits per heavy atom. The van der Waals surface area contributed by atoms with E-state index in [0.29, 0.717) is 11.8 Å². The molecule has 0 aromatic carbocycles. The lowest BCUT2D eigenvalue weighted by atomic mass is 10.0. The van der Waals surface area contributed by atoms with Crippen LogP contribution in [0.5, 0.6) is 0 Å². The lowest BCUT2D eigenvalue weighted by molar-refractivity contribution is -0.118. The zero-order valence-corrected chi connectivity index (χ0v) is 10.4. The van der Waals surface area contributed by atoms with Crippen LogP contribution in [0, 0.1) is 5.41 Å². The van der Waals surface area contributed by atoms with Gasteiger partial charge < -0.3 is 5.73 Å². The summed E-state index contributed by atoms with van der Waals surface area (Å²) in [5.74, 6) is -0.211. The van der Waals surface area contributed by atoms with Gasteiger partial charge in [-0.25, -0.2) is 0 Å². The molecule has 0 aromatic heterocycles. The molecule has 0 heterocycles. The number of carbonyl (C=O) groups excluding carboxylic acids is 1. The third-order valence-corrected chi connectivity index (χ3v) is 0.496. The first kappa shape index (κ1) is 18.3. The van der Waals surface area contributed by atoms with Crippen LogP contribution in [0.2, 0.25) is 0 Å². The summed E-state index contributed by atoms with van der Waals surface area (Å²) in [4.78, 5) is 9.82. The second-order valence-electron chi connectivity index (χ2n) is 4.22. The number of primary amides is 1. The molecule has 2 N–H and O–H groups in total. The molecule has 0 unspecified atom stereocenters. The van der Waals surface area contributed by atoms with E-state index in [1.54, 1.807) is 0 Å². The molecule has 0 aliphatic carbocycles. The highest BCUT2D eigenvalue weighted by atomic mass is 16.1. The molecule has 0 spiro atoms. The van der Waals surface area contributed by atoms with Gasteiger partial charge >= 0.3 is 0 Å². The molecule has 0 fully saturated rings. The van der Waals surface area contributed by atoms with Crippen molar-refractivity contribution in [1.29, 1.82) is 0 Å². The van der Waals surface area contributed by atoms with Gasteiger partial charge in [0, 0.05) is 6.42 Å². The summed E-state index contributed by atoms with van der Waals surface area (Å²) in [6.45, 7) is 14.7. The molecule has 0 bridgehead atoms. The third kappa shape index (κ3) is 169. The normalized spacial score (nSPS) is 8.85. The Morgan fingerprint density at radius 1 is 1.15 bits per heavy atom. The Kier molecular flexibility index (Phi) is 16.1. The summed E-state index contributed by atoms with van der Waals surface area (Å²) >= 11 is 0. The van der Waals surface area contributed by atoms with Crippen LogP contribution in [0.25, 0.3) is 0 Å². The van der Waals surface area contributed by atoms with Crippen LogP contribution in [0.4, 0.5) is 0 Å². The van der Waals surface area contributed by atoms with E-state index in [9.17, 15) is 4.79 Å². The molecule has 0 atom stereocenters. The maximum Gasteiger partial charge on any atom is 0.217 e. The Hall–Kier alpha value is -0.530. The number of amides is 1. The second kappa shape index (κ2) is 11.5. The smallest absolute Gasteiger partial charge is 0.217 e. The lowest BCUT2D eigenvalue weighted by Crippen LogP contribution is -2.08. The maximum atomic E-state index is 9.82. The van der Waals surface area contributed by atoms with Crippen molar-refractivity contribution in [2.45, 2.75) is 61.3 Å². The minimum atomic E-state index is -0.211. The molecule has 2 nitrogen and oxygen atoms in total. The minimum absolute atomic E-state index is 0.211. The van der Waals surface area contributed by atoms with E-state index < -0.39 is 0 Å². The van der Waals surface area contributed by atoms with Gasteiger partial charge in [0.1, 0.15) is 0 Å². The highest BCUT2D eigenvalue weighted by Gasteiger charge is 1.95. The Labute approximate surface area is 83.9 Å². The highest BCUT2D eigenvalue weighted by molar-refractivity contribution is 5.73. The van der Waals surface area contributed by atoms with Gasteiger partial charge in [0.25, 0.3) is 0 Å². The monoisotopic (exact) mass is 189 g/mol. The van der Waals surface area contributed by atoms with Crippen LogP contribution in [0.1, 0.15) is 61.3 Å². The summed E-state index contributed by atoms with van der Waals surface area (Å²) in [6, 6.07) is 0. The summed E-state index contributed by atoms with van der Waals surface area (Å²) < 4.78 is 0. The van der Waals surface area contributed by atoms with E-state index in [1.807, 2.05) is 20.8 Å². The molecule has 13 heavy (non-hydrogen) atoms. The molecule has 2 heteroatoms. The number of carbonyl (C=O) groups is 1. The van der Waals surface area contributed by atoms with E-state index in [4.69, 9.17) is 5.73 Å². The maximum absolute atomic E-state index is 9.82. The summed E-state index contributed by atoms with van der Waals surface area (Å²) in [7, 11) is 0. The first-order chi connectivity index (χ1) is 5.77. The quantitative estimate of drug-likeness (QED) is 0.711. The minimum Gasteiger partial charge on any atom is -0.370 e. The molecule has 0 saturated carbocycles. The fourth-order valence-corrected chi connectivity index (χ4v) is 0.246. The molecular formula is C11H27NO. The molecule has 0 aromatic rings. The Bertz CT molecular complexity index is 97.1. The van der Waals surface area contributed by atoms with Crippen molar-refractivity contribution in [2.24, 2.45) is 11.1 Å². The van der Waals surface area contributed by atoms with E-state index in [2.05, 4.69) is 27.7 Å². The van der Waals surface area contributed by atoms with Crippen molar-refractivity contribution in [3.8, 4) is 0 Å². The first-order valence-electron chi connectivity index (χ1n) is 5.05. The van der Waals surface area contributed by atoms with Gasteiger partial charge in [-0.15, -0.1) is 0 Å². The van der Waals surface area contributed by atoms with Crippen LogP contribution in [-0.2, 0) is 4.79 Å². The average Bonchev–Trinajstić information content (AvgIpc) is 1.87. The molecular weight excluding hydrogens is 162 g/mol. The molecule has 0 radical (unpaired) electrons. The largest absolute Gasteiger partial charge is 0.370 e. The van der Waals surface area contributed by atoms with Crippen LogP contribution >= 0.6 is 0 Å². The van der Waals surface area contributed by atoms with Crippen molar-refractivity contribution >= 4 is 5.91 Å². The predicted molar refractivity (Wildman–Crippen MR) is 60.6 cm³/mol. The molecule has 0 rings (SSSR count). The fourth-order valence-electron chi connectivity index (χ4n) is 0.246. The zero-order valence-electron chi connectivity index (χ0n) is 10.4. The third-order valence-electron chi connectivity index (χ3n) is 0.496. The van der Waals surface area contributed by atoms with Crippen molar-refractivity contribution in [1.82, 2.24) is 0 Å². The van der Waals surface area contributed by atoms with Crippen LogP contribution < -0.4 is 5.73 Å². The molecule has 1 amide bonds. The predicted octanol–water partition coefficient (Wildman–Crippen LogP) is 3.35. The van der Waals surface area contributed by atoms with Gasteiger partial charge in [0.15, 0.2) is 0 Å². The SMILES string of the molecule is CC.CC(C)(C)C.CCCC(N)=O. The van der Waals surface area contributed by atoms with Gasteiger partial charge in [-0.3, -0.25) is 4.79 Å². The zero-order chi connectivity index (χ0) is 11.5. The van der Waals surface area contributed by atoms with Gasteiger partial charge in [0.2, 0.25) is 5.91 Å². The fraction of sp³-hybridized carbons (Fsp3) is 0.909. The van der Waals surface area contributed by atoms with E-state index in [-0.39, 0.29) is 5.91 Å². The first-order valence-corrected chi connectivity index (χ1v) is 5.05. The summed E-state index contributed by atoms with van der Waals surface area (Å²) in [5, 5.41) is 0. The van der Waals surface area contributed by atoms with Crippen molar-refractivity contribution < 1.29 is 4.79 Å². The van der Waals surface area contributed by atoms with Crippen molar-refractivity contribution in [3.05, 3.63) is 0 Å². The number of rotatable bonds is 2. The average molecular weight is 189 g/mol. The molecule has 82 valence electrons. The van der Waals surface area contributed by atoms with Gasteiger partial charge in [-0.1, -0.05) is 48.5 Å². The van der Waals surface area contributed by atoms with Crippen molar-refractivity contribution in [2.75, 3.05) is 0 Å². The molecule has 0 aliphatic heterocycles. The number of hydrogen-bond donors (Lipinski definition) is 1. The molecule has 0 saturated heterocycles. The van der Waals surface area contributed by atoms with Crippen molar-refractivity contribution in [3.63, 3.8) is 0 Å². The van der Waals surface area contributed by atoms with Crippen LogP contribution in [0.3, 0.4) is 0 Å². The summed E-state index contributed by atoms with van der Waals surface area (Å²) in [5.41, 5.74) is 5.26. The number of hydrogen-bond acceptors (Lipinski definition) is 1. The second-order valence-corrected chi connectivity index (χ2v) is 4.22. The topological polar surface area (TPSA) is 43.1 Å². The van der Waals surface area contributed by atoms with E-state index >= 15 is 0 Å². The standard InChI is InChI=1S/C5H12.C4H9NO.C2H6/c1-5(2,3)4;1-2-3-4(5)6;1-2/h1-4H3;2-3H2,1H3,(H2,5,6);1-2H3. The molecule has 0 aliphatic rings. The lowest BCUT2D eigenvalue weighted by Gasteiger charge is -2.05. The Morgan fingerprint density at radius 2 is 1.38 bits per heavy atom. The van der Waals surface area contributed by atoms with Gasteiger partial charge in [-0.2, -0.15) is 0 Å². The van der Waals surface area contributed by atoms with E-state index in [1.165, 1.54) is 0 Å². The van der Waals surface area contributed by atoms with Crippen LogP contribution in [-0.4, -0.2) is 5.91 Å². The van der Waals surface area contributed by atoms with E-state index in [0.717, 1.165) is 6.42 Å². The number of nitrogens with two attached hydrogens (primary N) is 1. The van der Waals surface area contributed by atoms with Gasteiger partial charge in [0.05, 0.1) is 0 Å². The Balaban J connectivity index is -0.000000131. The summed E-state index contributed by atoms with van der Waals surface area (Å²) in [6.07, 6.45) is 1.37. The van der Waals surface area contributed by atoms with Crippen LogP contribution in [0.15, 0.2) is 0 Å². The highest BCUT2D eigenvalue weighted by Crippen LogP contribution is 2.07.